The van der Waals surface area contributed by atoms with Crippen LogP contribution in [-0.2, 0) is 5.41 Å². The van der Waals surface area contributed by atoms with Gasteiger partial charge < -0.3 is 0 Å². The van der Waals surface area contributed by atoms with Crippen LogP contribution in [0.5, 0.6) is 0 Å². The van der Waals surface area contributed by atoms with Crippen LogP contribution in [0.3, 0.4) is 0 Å². The van der Waals surface area contributed by atoms with Gasteiger partial charge >= 0.3 is 0 Å². The molecule has 2 aliphatic carbocycles. The Morgan fingerprint density at radius 1 is 0.471 bits per heavy atom. The minimum absolute atomic E-state index is 0.452. The van der Waals surface area contributed by atoms with Gasteiger partial charge in [-0.2, -0.15) is 0 Å². The molecule has 13 rings (SSSR count). The Kier molecular flexibility index (Phi) is 9.59. The van der Waals surface area contributed by atoms with Gasteiger partial charge in [-0.15, -0.1) is 0 Å². The molecule has 8 heteroatoms. The molecule has 8 nitrogen and oxygen atoms in total. The van der Waals surface area contributed by atoms with Crippen molar-refractivity contribution in [1.82, 2.24) is 34.9 Å². The SMILES string of the molecule is C=N/C(=C\C=C/C)c1ccc(-c2nc(-c3ccc(-c4nc5ccccc5c5cc6c(cc45)-c4ccccc4C64c5ccccc5-c5ccccc54)cc3)nc(-c3ccc(-c4ccccn4)nc3)n2)cn1. The lowest BCUT2D eigenvalue weighted by Crippen LogP contribution is -2.25. The number of allylic oxidation sites excluding steroid dienone is 3. The molecule has 2 aliphatic rings. The van der Waals surface area contributed by atoms with E-state index >= 15 is 0 Å². The largest absolute Gasteiger partial charge is 0.262 e. The van der Waals surface area contributed by atoms with Gasteiger partial charge in [-0.1, -0.05) is 133 Å². The van der Waals surface area contributed by atoms with Crippen LogP contribution < -0.4 is 0 Å². The highest BCUT2D eigenvalue weighted by Crippen LogP contribution is 2.63. The Bertz CT molecular complexity index is 3910. The van der Waals surface area contributed by atoms with Crippen LogP contribution in [0.1, 0.15) is 34.9 Å². The highest BCUT2D eigenvalue weighted by molar-refractivity contribution is 6.14. The molecule has 6 aromatic carbocycles. The summed E-state index contributed by atoms with van der Waals surface area (Å²) in [7, 11) is 0. The van der Waals surface area contributed by atoms with Crippen LogP contribution in [0.4, 0.5) is 0 Å². The number of pyridine rings is 4. The third kappa shape index (κ3) is 6.38. The lowest BCUT2D eigenvalue weighted by molar-refractivity contribution is 0.795. The number of fused-ring (bicyclic) bond motifs is 13. The van der Waals surface area contributed by atoms with Crippen molar-refractivity contribution in [2.24, 2.45) is 4.99 Å². The predicted octanol–water partition coefficient (Wildman–Crippen LogP) is 14.1. The fourth-order valence-electron chi connectivity index (χ4n) is 10.6. The highest BCUT2D eigenvalue weighted by atomic mass is 15.0. The lowest BCUT2D eigenvalue weighted by Gasteiger charge is -2.30. The van der Waals surface area contributed by atoms with Crippen molar-refractivity contribution < 1.29 is 0 Å². The van der Waals surface area contributed by atoms with Gasteiger partial charge in [0.05, 0.1) is 39.4 Å². The van der Waals surface area contributed by atoms with Crippen molar-refractivity contribution in [3.8, 4) is 79.1 Å². The summed E-state index contributed by atoms with van der Waals surface area (Å²) in [5.41, 5.74) is 17.9. The molecule has 0 amide bonds. The molecule has 0 N–H and O–H groups in total. The molecule has 0 saturated heterocycles. The third-order valence-corrected chi connectivity index (χ3v) is 13.7. The van der Waals surface area contributed by atoms with Crippen LogP contribution >= 0.6 is 0 Å². The topological polar surface area (TPSA) is 103 Å². The first kappa shape index (κ1) is 40.8. The van der Waals surface area contributed by atoms with Crippen molar-refractivity contribution in [2.45, 2.75) is 12.3 Å². The molecule has 11 aromatic rings. The van der Waals surface area contributed by atoms with Gasteiger partial charge in [-0.05, 0) is 124 Å². The number of para-hydroxylation sites is 1. The van der Waals surface area contributed by atoms with Gasteiger partial charge in [0.25, 0.3) is 0 Å². The van der Waals surface area contributed by atoms with Gasteiger partial charge in [0.2, 0.25) is 0 Å². The van der Waals surface area contributed by atoms with Crippen LogP contribution in [0.2, 0.25) is 0 Å². The predicted molar refractivity (Wildman–Crippen MR) is 282 cm³/mol. The number of hydrogen-bond donors (Lipinski definition) is 0. The maximum atomic E-state index is 5.42. The molecule has 0 fully saturated rings. The molecular weight excluding hydrogens is 857 g/mol. The summed E-state index contributed by atoms with van der Waals surface area (Å²) in [6.07, 6.45) is 11.0. The number of benzene rings is 6. The molecule has 328 valence electrons. The van der Waals surface area contributed by atoms with E-state index in [9.17, 15) is 0 Å². The standard InChI is InChI=1S/C62H40N8/c1-3-4-22-54(63-2)56-31-29-40(36-65-56)60-68-59(69-61(70-60)41-30-32-57(66-37-41)55-24-13-14-33-64-55)39-27-25-38(26-28-39)58-48-34-47-44-17-7-11-21-51(44)62(52(47)35-46(48)45-18-8-12-23-53(45)67-58)49-19-9-5-15-42(49)43-16-6-10-20-50(43)62/h3-37H,2H2,1H3/b4-3-,54-22-. The van der Waals surface area contributed by atoms with Crippen molar-refractivity contribution in [1.29, 1.82) is 0 Å². The molecule has 5 aromatic heterocycles. The summed E-state index contributed by atoms with van der Waals surface area (Å²) in [5, 5.41) is 3.38. The van der Waals surface area contributed by atoms with E-state index in [-0.39, 0.29) is 0 Å². The average molecular weight is 897 g/mol. The molecule has 0 bridgehead atoms. The molecule has 0 radical (unpaired) electrons. The van der Waals surface area contributed by atoms with E-state index in [1.54, 1.807) is 18.6 Å². The monoisotopic (exact) mass is 896 g/mol. The van der Waals surface area contributed by atoms with Crippen molar-refractivity contribution in [3.05, 3.63) is 241 Å². The Hall–Kier alpha value is -9.40. The average Bonchev–Trinajstić information content (AvgIpc) is 3.90. The summed E-state index contributed by atoms with van der Waals surface area (Å²) in [4.78, 5) is 38.7. The molecule has 0 saturated carbocycles. The minimum atomic E-state index is -0.452. The minimum Gasteiger partial charge on any atom is -0.262 e. The molecule has 70 heavy (non-hydrogen) atoms. The maximum Gasteiger partial charge on any atom is 0.165 e. The van der Waals surface area contributed by atoms with Crippen LogP contribution in [0.25, 0.3) is 106 Å². The van der Waals surface area contributed by atoms with Crippen molar-refractivity contribution >= 4 is 34.1 Å². The fourth-order valence-corrected chi connectivity index (χ4v) is 10.6. The van der Waals surface area contributed by atoms with Crippen molar-refractivity contribution in [3.63, 3.8) is 0 Å². The second-order valence-electron chi connectivity index (χ2n) is 17.5. The lowest BCUT2D eigenvalue weighted by atomic mass is 9.70. The first-order chi connectivity index (χ1) is 34.6. The molecular formula is C62H40N8. The van der Waals surface area contributed by atoms with E-state index in [4.69, 9.17) is 29.9 Å². The van der Waals surface area contributed by atoms with E-state index in [1.807, 2.05) is 67.6 Å². The van der Waals surface area contributed by atoms with Gasteiger partial charge in [0.15, 0.2) is 17.5 Å². The number of aliphatic imine (C=N–C) groups is 1. The summed E-state index contributed by atoms with van der Waals surface area (Å²) in [6, 6.07) is 62.1. The quantitative estimate of drug-likeness (QED) is 0.0850. The fraction of sp³-hybridized carbons (Fsp3) is 0.0323. The summed E-state index contributed by atoms with van der Waals surface area (Å²) >= 11 is 0. The maximum absolute atomic E-state index is 5.42. The summed E-state index contributed by atoms with van der Waals surface area (Å²) < 4.78 is 0. The summed E-state index contributed by atoms with van der Waals surface area (Å²) in [5.74, 6) is 1.47. The smallest absolute Gasteiger partial charge is 0.165 e. The number of rotatable bonds is 8. The van der Waals surface area contributed by atoms with Crippen LogP contribution in [0.15, 0.2) is 218 Å². The van der Waals surface area contributed by atoms with E-state index in [2.05, 4.69) is 150 Å². The normalized spacial score (nSPS) is 13.1. The second-order valence-corrected chi connectivity index (χ2v) is 17.5. The first-order valence-electron chi connectivity index (χ1n) is 23.3. The zero-order valence-corrected chi connectivity index (χ0v) is 38.0. The molecule has 0 unspecified atom stereocenters. The van der Waals surface area contributed by atoms with Gasteiger partial charge in [0.1, 0.15) is 0 Å². The van der Waals surface area contributed by atoms with Crippen LogP contribution in [-0.4, -0.2) is 41.6 Å². The van der Waals surface area contributed by atoms with E-state index in [1.165, 1.54) is 49.9 Å². The number of nitrogens with zero attached hydrogens (tertiary/aromatic N) is 8. The molecule has 0 aliphatic heterocycles. The van der Waals surface area contributed by atoms with Crippen LogP contribution in [0, 0.1) is 0 Å². The van der Waals surface area contributed by atoms with Gasteiger partial charge in [-0.25, -0.2) is 19.9 Å². The van der Waals surface area contributed by atoms with E-state index in [0.29, 0.717) is 28.9 Å². The van der Waals surface area contributed by atoms with E-state index < -0.39 is 5.41 Å². The second kappa shape index (κ2) is 16.4. The Labute approximate surface area is 404 Å². The zero-order valence-electron chi connectivity index (χ0n) is 38.0. The van der Waals surface area contributed by atoms with E-state index in [0.717, 1.165) is 55.6 Å². The highest BCUT2D eigenvalue weighted by Gasteiger charge is 2.51. The zero-order chi connectivity index (χ0) is 46.8. The third-order valence-electron chi connectivity index (χ3n) is 13.7. The number of hydrogen-bond acceptors (Lipinski definition) is 8. The Morgan fingerprint density at radius 3 is 1.66 bits per heavy atom. The van der Waals surface area contributed by atoms with Crippen molar-refractivity contribution in [2.75, 3.05) is 0 Å². The molecule has 1 spiro atoms. The number of aromatic nitrogens is 7. The van der Waals surface area contributed by atoms with Gasteiger partial charge in [-0.3, -0.25) is 19.9 Å². The Morgan fingerprint density at radius 2 is 1.04 bits per heavy atom. The van der Waals surface area contributed by atoms with Gasteiger partial charge in [0, 0.05) is 51.6 Å². The summed E-state index contributed by atoms with van der Waals surface area (Å²) in [6.45, 7) is 5.70. The molecule has 5 heterocycles. The first-order valence-corrected chi connectivity index (χ1v) is 23.3. The molecule has 0 atom stereocenters. The Balaban J connectivity index is 0.951.